The zero-order valence-corrected chi connectivity index (χ0v) is 16.6. The van der Waals surface area contributed by atoms with Crippen molar-refractivity contribution in [3.05, 3.63) is 84.4 Å². The number of hydrogen-bond acceptors (Lipinski definition) is 5. The fourth-order valence-corrected chi connectivity index (χ4v) is 5.40. The number of aromatic nitrogens is 1. The predicted octanol–water partition coefficient (Wildman–Crippen LogP) is 4.28. The average Bonchev–Trinajstić information content (AvgIpc) is 3.15. The van der Waals surface area contributed by atoms with E-state index >= 15 is 0 Å². The summed E-state index contributed by atoms with van der Waals surface area (Å²) in [5, 5.41) is 0.620. The van der Waals surface area contributed by atoms with Gasteiger partial charge in [0, 0.05) is 42.2 Å². The van der Waals surface area contributed by atoms with Gasteiger partial charge >= 0.3 is 0 Å². The van der Waals surface area contributed by atoms with Gasteiger partial charge in [0.25, 0.3) is 0 Å². The van der Waals surface area contributed by atoms with Crippen LogP contribution in [0.3, 0.4) is 0 Å². The first-order valence-electron chi connectivity index (χ1n) is 9.65. The van der Waals surface area contributed by atoms with E-state index in [2.05, 4.69) is 40.2 Å². The van der Waals surface area contributed by atoms with Crippen LogP contribution in [0.15, 0.2) is 77.9 Å². The number of anilines is 1. The highest BCUT2D eigenvalue weighted by atomic mass is 32.2. The highest BCUT2D eigenvalue weighted by Crippen LogP contribution is 2.47. The molecule has 1 aromatic heterocycles. The maximum absolute atomic E-state index is 14.3. The first-order chi connectivity index (χ1) is 14.2. The molecule has 2 aliphatic heterocycles. The van der Waals surface area contributed by atoms with Crippen LogP contribution in [0.5, 0.6) is 0 Å². The number of fused-ring (bicyclic) bond motifs is 1. The second-order valence-electron chi connectivity index (χ2n) is 7.52. The minimum Gasteiger partial charge on any atom is -0.379 e. The zero-order valence-electron chi connectivity index (χ0n) is 15.8. The van der Waals surface area contributed by atoms with Gasteiger partial charge < -0.3 is 10.6 Å². The Hall–Kier alpha value is -2.86. The molecule has 0 amide bonds. The van der Waals surface area contributed by atoms with Crippen molar-refractivity contribution in [2.24, 2.45) is 16.6 Å². The van der Waals surface area contributed by atoms with E-state index in [1.165, 1.54) is 11.9 Å². The molecule has 3 aromatic rings. The fraction of sp³-hybridized carbons (Fsp3) is 0.217. The molecular formula is C23H21FN4S. The third kappa shape index (κ3) is 3.17. The van der Waals surface area contributed by atoms with Gasteiger partial charge in [-0.1, -0.05) is 48.2 Å². The van der Waals surface area contributed by atoms with Crippen molar-refractivity contribution in [2.45, 2.75) is 5.54 Å². The van der Waals surface area contributed by atoms with Gasteiger partial charge in [-0.15, -0.1) is 0 Å². The average molecular weight is 405 g/mol. The molecule has 6 heteroatoms. The Morgan fingerprint density at radius 3 is 2.76 bits per heavy atom. The molecule has 0 radical (unpaired) electrons. The molecule has 3 heterocycles. The molecule has 0 saturated carbocycles. The van der Waals surface area contributed by atoms with E-state index in [9.17, 15) is 4.39 Å². The Kier molecular flexibility index (Phi) is 4.51. The molecule has 2 N–H and O–H groups in total. The van der Waals surface area contributed by atoms with Crippen LogP contribution in [-0.4, -0.2) is 29.0 Å². The first kappa shape index (κ1) is 18.2. The summed E-state index contributed by atoms with van der Waals surface area (Å²) < 4.78 is 14.3. The SMILES string of the molecule is NC1=N[C@@]2(c3cccc(-c4cccnc4F)c3)CN(c3ccccc3)CC2CS1. The third-order valence-electron chi connectivity index (χ3n) is 5.84. The molecule has 2 aliphatic rings. The molecule has 5 rings (SSSR count). The number of benzene rings is 2. The van der Waals surface area contributed by atoms with Gasteiger partial charge in [0.1, 0.15) is 5.54 Å². The number of amidine groups is 1. The van der Waals surface area contributed by atoms with Crippen molar-refractivity contribution in [1.82, 2.24) is 4.98 Å². The number of thioether (sulfide) groups is 1. The van der Waals surface area contributed by atoms with E-state index in [-0.39, 0.29) is 0 Å². The van der Waals surface area contributed by atoms with Gasteiger partial charge in [-0.25, -0.2) is 9.98 Å². The Balaban J connectivity index is 1.60. The molecule has 0 bridgehead atoms. The lowest BCUT2D eigenvalue weighted by molar-refractivity contribution is 0.388. The maximum atomic E-state index is 14.3. The molecule has 0 spiro atoms. The van der Waals surface area contributed by atoms with Crippen LogP contribution in [-0.2, 0) is 5.54 Å². The number of pyridine rings is 1. The molecule has 0 aliphatic carbocycles. The number of hydrogen-bond donors (Lipinski definition) is 1. The summed E-state index contributed by atoms with van der Waals surface area (Å²) in [7, 11) is 0. The van der Waals surface area contributed by atoms with Crippen molar-refractivity contribution in [3.63, 3.8) is 0 Å². The van der Waals surface area contributed by atoms with Gasteiger partial charge in [-0.2, -0.15) is 4.39 Å². The number of rotatable bonds is 3. The van der Waals surface area contributed by atoms with Crippen molar-refractivity contribution in [3.8, 4) is 11.1 Å². The van der Waals surface area contributed by atoms with E-state index in [1.807, 2.05) is 24.3 Å². The predicted molar refractivity (Wildman–Crippen MR) is 118 cm³/mol. The summed E-state index contributed by atoms with van der Waals surface area (Å²) in [6, 6.07) is 22.0. The van der Waals surface area contributed by atoms with Crippen molar-refractivity contribution >= 4 is 22.6 Å². The maximum Gasteiger partial charge on any atom is 0.220 e. The smallest absolute Gasteiger partial charge is 0.220 e. The third-order valence-corrected chi connectivity index (χ3v) is 6.80. The molecule has 29 heavy (non-hydrogen) atoms. The number of para-hydroxylation sites is 1. The Labute approximate surface area is 173 Å². The number of nitrogens with zero attached hydrogens (tertiary/aromatic N) is 3. The Morgan fingerprint density at radius 1 is 1.07 bits per heavy atom. The van der Waals surface area contributed by atoms with Crippen molar-refractivity contribution in [1.29, 1.82) is 0 Å². The monoisotopic (exact) mass is 404 g/mol. The highest BCUT2D eigenvalue weighted by Gasteiger charge is 2.50. The molecule has 4 nitrogen and oxygen atoms in total. The van der Waals surface area contributed by atoms with Gasteiger partial charge in [0.05, 0.1) is 0 Å². The zero-order chi connectivity index (χ0) is 19.8. The number of nitrogens with two attached hydrogens (primary N) is 1. The van der Waals surface area contributed by atoms with E-state index in [0.717, 1.165) is 30.0 Å². The van der Waals surface area contributed by atoms with Gasteiger partial charge in [0.2, 0.25) is 5.95 Å². The van der Waals surface area contributed by atoms with Gasteiger partial charge in [-0.3, -0.25) is 0 Å². The minimum atomic E-state index is -0.460. The molecule has 2 atom stereocenters. The summed E-state index contributed by atoms with van der Waals surface area (Å²) >= 11 is 1.62. The molecule has 1 fully saturated rings. The van der Waals surface area contributed by atoms with Crippen LogP contribution >= 0.6 is 11.8 Å². The van der Waals surface area contributed by atoms with Crippen molar-refractivity contribution in [2.75, 3.05) is 23.7 Å². The Morgan fingerprint density at radius 2 is 1.93 bits per heavy atom. The molecule has 2 aromatic carbocycles. The molecule has 1 unspecified atom stereocenters. The van der Waals surface area contributed by atoms with E-state index in [0.29, 0.717) is 16.6 Å². The van der Waals surface area contributed by atoms with Crippen LogP contribution < -0.4 is 10.6 Å². The topological polar surface area (TPSA) is 54.5 Å². The standard InChI is InChI=1S/C23H21FN4S/c24-21-20(10-5-11-26-21)16-6-4-7-17(12-16)23-15-28(19-8-2-1-3-9-19)13-18(23)14-29-22(25)27-23/h1-12,18H,13-15H2,(H2,25,27)/t18?,23-/m1/s1. The van der Waals surface area contributed by atoms with Crippen LogP contribution in [0.1, 0.15) is 5.56 Å². The van der Waals surface area contributed by atoms with Crippen LogP contribution in [0.4, 0.5) is 10.1 Å². The lowest BCUT2D eigenvalue weighted by Crippen LogP contribution is -2.40. The summed E-state index contributed by atoms with van der Waals surface area (Å²) in [6.45, 7) is 1.67. The van der Waals surface area contributed by atoms with E-state index in [4.69, 9.17) is 10.7 Å². The lowest BCUT2D eigenvalue weighted by atomic mass is 9.81. The van der Waals surface area contributed by atoms with Crippen LogP contribution in [0.2, 0.25) is 0 Å². The van der Waals surface area contributed by atoms with Gasteiger partial charge in [0.15, 0.2) is 5.17 Å². The summed E-state index contributed by atoms with van der Waals surface area (Å²) in [5.41, 5.74) is 9.34. The molecular weight excluding hydrogens is 383 g/mol. The van der Waals surface area contributed by atoms with Crippen LogP contribution in [0, 0.1) is 11.9 Å². The summed E-state index contributed by atoms with van der Waals surface area (Å²) in [6.07, 6.45) is 1.47. The van der Waals surface area contributed by atoms with Crippen molar-refractivity contribution < 1.29 is 4.39 Å². The van der Waals surface area contributed by atoms with E-state index in [1.54, 1.807) is 23.9 Å². The fourth-order valence-electron chi connectivity index (χ4n) is 4.42. The highest BCUT2D eigenvalue weighted by molar-refractivity contribution is 8.13. The van der Waals surface area contributed by atoms with Crippen LogP contribution in [0.25, 0.3) is 11.1 Å². The van der Waals surface area contributed by atoms with Gasteiger partial charge in [-0.05, 0) is 41.5 Å². The molecule has 146 valence electrons. The summed E-state index contributed by atoms with van der Waals surface area (Å²) in [5.74, 6) is 0.789. The normalized spacial score (nSPS) is 23.6. The lowest BCUT2D eigenvalue weighted by Gasteiger charge is -2.35. The minimum absolute atomic E-state index is 0.328. The summed E-state index contributed by atoms with van der Waals surface area (Å²) in [4.78, 5) is 11.2. The number of halogens is 1. The first-order valence-corrected chi connectivity index (χ1v) is 10.6. The van der Waals surface area contributed by atoms with E-state index < -0.39 is 11.5 Å². The number of aliphatic imine (C=N–C) groups is 1. The largest absolute Gasteiger partial charge is 0.379 e. The second-order valence-corrected chi connectivity index (χ2v) is 8.56. The molecule has 1 saturated heterocycles. The second kappa shape index (κ2) is 7.19. The Bertz CT molecular complexity index is 1070. The quantitative estimate of drug-likeness (QED) is 0.662.